The molecule has 0 fully saturated rings. The Bertz CT molecular complexity index is 278. The van der Waals surface area contributed by atoms with Crippen LogP contribution in [0.3, 0.4) is 0 Å². The maximum absolute atomic E-state index is 10.4. The van der Waals surface area contributed by atoms with Gasteiger partial charge >= 0.3 is 6.03 Å². The van der Waals surface area contributed by atoms with Crippen LogP contribution >= 0.6 is 0 Å². The van der Waals surface area contributed by atoms with Crippen LogP contribution in [0.2, 0.25) is 0 Å². The molecule has 0 bridgehead atoms. The Labute approximate surface area is 63.3 Å². The third-order valence-electron chi connectivity index (χ3n) is 1.34. The van der Waals surface area contributed by atoms with E-state index >= 15 is 0 Å². The molecule has 0 spiro atoms. The number of rotatable bonds is 1. The Kier molecular flexibility index (Phi) is 1.75. The van der Waals surface area contributed by atoms with Crippen LogP contribution in [0.5, 0.6) is 0 Å². The average Bonchev–Trinajstić information content (AvgIpc) is 2.18. The highest BCUT2D eigenvalue weighted by atomic mass is 16.2. The van der Waals surface area contributed by atoms with Crippen molar-refractivity contribution in [1.29, 1.82) is 0 Å². The first-order chi connectivity index (χ1) is 5.11. The summed E-state index contributed by atoms with van der Waals surface area (Å²) in [5.41, 5.74) is 8.67. The Hall–Kier alpha value is -1.59. The zero-order valence-electron chi connectivity index (χ0n) is 6.33. The Balaban J connectivity index is 2.87. The van der Waals surface area contributed by atoms with E-state index < -0.39 is 6.03 Å². The van der Waals surface area contributed by atoms with E-state index in [9.17, 15) is 4.79 Å². The van der Waals surface area contributed by atoms with E-state index in [4.69, 9.17) is 5.73 Å². The Morgan fingerprint density at radius 1 is 1.64 bits per heavy atom. The van der Waals surface area contributed by atoms with E-state index in [2.05, 4.69) is 15.7 Å². The normalized spacial score (nSPS) is 9.64. The van der Waals surface area contributed by atoms with Crippen molar-refractivity contribution in [1.82, 2.24) is 15.1 Å². The lowest BCUT2D eigenvalue weighted by Gasteiger charge is -2.00. The minimum atomic E-state index is -0.655. The second-order valence-corrected chi connectivity index (χ2v) is 2.15. The summed E-state index contributed by atoms with van der Waals surface area (Å²) in [6.45, 7) is 3.58. The third kappa shape index (κ3) is 1.46. The standard InChI is InChI=1S/C5H9N5O/c1-3-4(2)10(9-7-3)8-5(6)11/h1-2H3,(H3,6,8,11). The molecule has 11 heavy (non-hydrogen) atoms. The van der Waals surface area contributed by atoms with Gasteiger partial charge in [-0.1, -0.05) is 0 Å². The summed E-state index contributed by atoms with van der Waals surface area (Å²) in [6.07, 6.45) is 0. The number of aryl methyl sites for hydroxylation is 1. The number of aromatic nitrogens is 3. The number of primary amides is 1. The SMILES string of the molecule is Cc1nnn(NC(N)=O)c1C. The van der Waals surface area contributed by atoms with Crippen molar-refractivity contribution >= 4 is 6.03 Å². The lowest BCUT2D eigenvalue weighted by Crippen LogP contribution is -2.29. The summed E-state index contributed by atoms with van der Waals surface area (Å²) in [4.78, 5) is 11.6. The zero-order chi connectivity index (χ0) is 8.43. The van der Waals surface area contributed by atoms with Crippen LogP contribution in [0.4, 0.5) is 4.79 Å². The number of nitrogens with zero attached hydrogens (tertiary/aromatic N) is 3. The molecule has 2 amide bonds. The number of urea groups is 1. The predicted molar refractivity (Wildman–Crippen MR) is 38.4 cm³/mol. The summed E-state index contributed by atoms with van der Waals surface area (Å²) in [5.74, 6) is 0. The van der Waals surface area contributed by atoms with Gasteiger partial charge in [0.05, 0.1) is 11.4 Å². The highest BCUT2D eigenvalue weighted by Gasteiger charge is 2.03. The highest BCUT2D eigenvalue weighted by Crippen LogP contribution is 1.97. The monoisotopic (exact) mass is 155 g/mol. The molecule has 1 heterocycles. The van der Waals surface area contributed by atoms with Gasteiger partial charge in [0.1, 0.15) is 0 Å². The summed E-state index contributed by atoms with van der Waals surface area (Å²) >= 11 is 0. The molecule has 0 saturated carbocycles. The van der Waals surface area contributed by atoms with Gasteiger partial charge in [0.2, 0.25) is 0 Å². The molecule has 0 unspecified atom stereocenters. The molecule has 0 aliphatic carbocycles. The first kappa shape index (κ1) is 7.52. The third-order valence-corrected chi connectivity index (χ3v) is 1.34. The molecule has 1 rings (SSSR count). The Morgan fingerprint density at radius 2 is 2.27 bits per heavy atom. The van der Waals surface area contributed by atoms with Crippen molar-refractivity contribution in [3.63, 3.8) is 0 Å². The lowest BCUT2D eigenvalue weighted by molar-refractivity contribution is 0.256. The lowest BCUT2D eigenvalue weighted by atomic mass is 10.4. The molecule has 1 aromatic rings. The van der Waals surface area contributed by atoms with E-state index in [1.807, 2.05) is 0 Å². The molecular formula is C5H9N5O. The summed E-state index contributed by atoms with van der Waals surface area (Å²) in [5, 5.41) is 7.32. The minimum Gasteiger partial charge on any atom is -0.350 e. The maximum atomic E-state index is 10.4. The highest BCUT2D eigenvalue weighted by molar-refractivity contribution is 5.79. The van der Waals surface area contributed by atoms with Crippen LogP contribution < -0.4 is 11.2 Å². The van der Waals surface area contributed by atoms with Gasteiger partial charge in [0.25, 0.3) is 0 Å². The van der Waals surface area contributed by atoms with Crippen molar-refractivity contribution in [2.75, 3.05) is 5.43 Å². The van der Waals surface area contributed by atoms with Gasteiger partial charge in [0.15, 0.2) is 0 Å². The number of carbonyl (C=O) groups excluding carboxylic acids is 1. The number of nitrogens with two attached hydrogens (primary N) is 1. The van der Waals surface area contributed by atoms with Gasteiger partial charge in [-0.05, 0) is 19.1 Å². The van der Waals surface area contributed by atoms with E-state index in [0.29, 0.717) is 0 Å². The van der Waals surface area contributed by atoms with Crippen molar-refractivity contribution < 1.29 is 4.79 Å². The number of amides is 2. The van der Waals surface area contributed by atoms with Gasteiger partial charge in [0, 0.05) is 0 Å². The summed E-state index contributed by atoms with van der Waals surface area (Å²) < 4.78 is 0. The molecular weight excluding hydrogens is 146 g/mol. The van der Waals surface area contributed by atoms with Gasteiger partial charge in [-0.25, -0.2) is 10.2 Å². The van der Waals surface area contributed by atoms with Crippen LogP contribution in [0.25, 0.3) is 0 Å². The van der Waals surface area contributed by atoms with E-state index in [1.165, 1.54) is 4.79 Å². The van der Waals surface area contributed by atoms with Gasteiger partial charge < -0.3 is 5.73 Å². The fourth-order valence-electron chi connectivity index (χ4n) is 0.615. The Morgan fingerprint density at radius 3 is 2.64 bits per heavy atom. The molecule has 0 radical (unpaired) electrons. The molecule has 0 atom stereocenters. The maximum Gasteiger partial charge on any atom is 0.332 e. The molecule has 60 valence electrons. The molecule has 0 aliphatic heterocycles. The van der Waals surface area contributed by atoms with Crippen LogP contribution in [0, 0.1) is 13.8 Å². The topological polar surface area (TPSA) is 85.8 Å². The summed E-state index contributed by atoms with van der Waals surface area (Å²) in [6, 6.07) is -0.655. The summed E-state index contributed by atoms with van der Waals surface area (Å²) in [7, 11) is 0. The zero-order valence-corrected chi connectivity index (χ0v) is 6.33. The van der Waals surface area contributed by atoms with Crippen molar-refractivity contribution in [3.8, 4) is 0 Å². The number of nitrogens with one attached hydrogen (secondary N) is 1. The molecule has 0 aromatic carbocycles. The first-order valence-electron chi connectivity index (χ1n) is 3.06. The predicted octanol–water partition coefficient (Wildman–Crippen LogP) is -0.483. The molecule has 1 aromatic heterocycles. The van der Waals surface area contributed by atoms with Crippen LogP contribution in [0.15, 0.2) is 0 Å². The molecule has 6 heteroatoms. The average molecular weight is 155 g/mol. The second kappa shape index (κ2) is 2.57. The minimum absolute atomic E-state index is 0.655. The van der Waals surface area contributed by atoms with Gasteiger partial charge in [-0.3, -0.25) is 0 Å². The van der Waals surface area contributed by atoms with Crippen LogP contribution in [-0.4, -0.2) is 21.1 Å². The van der Waals surface area contributed by atoms with Crippen molar-refractivity contribution in [3.05, 3.63) is 11.4 Å². The van der Waals surface area contributed by atoms with Crippen molar-refractivity contribution in [2.45, 2.75) is 13.8 Å². The molecule has 3 N–H and O–H groups in total. The van der Waals surface area contributed by atoms with Crippen LogP contribution in [-0.2, 0) is 0 Å². The molecule has 6 nitrogen and oxygen atoms in total. The fraction of sp³-hybridized carbons (Fsp3) is 0.400. The largest absolute Gasteiger partial charge is 0.350 e. The second-order valence-electron chi connectivity index (χ2n) is 2.15. The van der Waals surface area contributed by atoms with Gasteiger partial charge in [-0.2, -0.15) is 4.79 Å². The van der Waals surface area contributed by atoms with Gasteiger partial charge in [-0.15, -0.1) is 5.10 Å². The van der Waals surface area contributed by atoms with E-state index in [0.717, 1.165) is 11.4 Å². The van der Waals surface area contributed by atoms with E-state index in [1.54, 1.807) is 13.8 Å². The molecule has 0 saturated heterocycles. The van der Waals surface area contributed by atoms with Crippen molar-refractivity contribution in [2.24, 2.45) is 5.73 Å². The fourth-order valence-corrected chi connectivity index (χ4v) is 0.615. The van der Waals surface area contributed by atoms with E-state index in [-0.39, 0.29) is 0 Å². The smallest absolute Gasteiger partial charge is 0.332 e. The first-order valence-corrected chi connectivity index (χ1v) is 3.06. The number of hydrogen-bond donors (Lipinski definition) is 2. The molecule has 0 aliphatic rings. The quantitative estimate of drug-likeness (QED) is 0.574. The van der Waals surface area contributed by atoms with Crippen LogP contribution in [0.1, 0.15) is 11.4 Å². The number of hydrogen-bond acceptors (Lipinski definition) is 3. The number of carbonyl (C=O) groups is 1.